The van der Waals surface area contributed by atoms with Crippen LogP contribution in [0.4, 0.5) is 0 Å². The van der Waals surface area contributed by atoms with Crippen LogP contribution in [-0.4, -0.2) is 62.7 Å². The molecule has 1 saturated heterocycles. The van der Waals surface area contributed by atoms with Gasteiger partial charge in [-0.3, -0.25) is 20.0 Å². The third kappa shape index (κ3) is 3.62. The summed E-state index contributed by atoms with van der Waals surface area (Å²) < 4.78 is 1.93. The zero-order valence-corrected chi connectivity index (χ0v) is 19.8. The van der Waals surface area contributed by atoms with Crippen LogP contribution in [0.5, 0.6) is 0 Å². The lowest BCUT2D eigenvalue weighted by molar-refractivity contribution is 0.331. The Bertz CT molecular complexity index is 1700. The molecule has 0 atom stereocenters. The van der Waals surface area contributed by atoms with Crippen molar-refractivity contribution < 1.29 is 0 Å². The molecule has 1 fully saturated rings. The van der Waals surface area contributed by atoms with Crippen LogP contribution in [0.3, 0.4) is 0 Å². The fraction of sp³-hybridized carbons (Fsp3) is 0.231. The summed E-state index contributed by atoms with van der Waals surface area (Å²) in [6.45, 7) is 5.20. The fourth-order valence-corrected chi connectivity index (χ4v) is 4.95. The first-order valence-electron chi connectivity index (χ1n) is 12.1. The molecule has 0 aliphatic carbocycles. The molecule has 2 N–H and O–H groups in total. The van der Waals surface area contributed by atoms with Crippen LogP contribution in [0, 0.1) is 6.92 Å². The Labute approximate surface area is 206 Å². The van der Waals surface area contributed by atoms with Crippen molar-refractivity contribution in [3.05, 3.63) is 66.9 Å². The molecular formula is C26H24N10. The molecule has 0 aromatic carbocycles. The van der Waals surface area contributed by atoms with Crippen molar-refractivity contribution >= 4 is 22.1 Å². The molecule has 7 rings (SSSR count). The average Bonchev–Trinajstić information content (AvgIpc) is 3.70. The number of fused-ring (bicyclic) bond motifs is 2. The van der Waals surface area contributed by atoms with E-state index in [0.29, 0.717) is 11.5 Å². The minimum absolute atomic E-state index is 0.638. The number of aryl methyl sites for hydroxylation is 1. The van der Waals surface area contributed by atoms with E-state index in [1.807, 2.05) is 36.3 Å². The number of hydrogen-bond donors (Lipinski definition) is 2. The second kappa shape index (κ2) is 8.35. The summed E-state index contributed by atoms with van der Waals surface area (Å²) in [6, 6.07) is 4.31. The number of hydrogen-bond acceptors (Lipinski definition) is 7. The molecule has 0 unspecified atom stereocenters. The second-order valence-electron chi connectivity index (χ2n) is 9.32. The molecule has 178 valence electrons. The zero-order chi connectivity index (χ0) is 24.1. The molecule has 1 aliphatic heterocycles. The Morgan fingerprint density at radius 2 is 1.81 bits per heavy atom. The number of imidazole rings is 2. The lowest BCUT2D eigenvalue weighted by Crippen LogP contribution is -2.18. The van der Waals surface area contributed by atoms with E-state index in [2.05, 4.69) is 52.1 Å². The van der Waals surface area contributed by atoms with Gasteiger partial charge in [0.05, 0.1) is 41.0 Å². The van der Waals surface area contributed by atoms with Crippen molar-refractivity contribution in [2.45, 2.75) is 26.3 Å². The highest BCUT2D eigenvalue weighted by atomic mass is 15.2. The predicted octanol–water partition coefficient (Wildman–Crippen LogP) is 4.05. The van der Waals surface area contributed by atoms with E-state index in [9.17, 15) is 0 Å². The van der Waals surface area contributed by atoms with Gasteiger partial charge >= 0.3 is 0 Å². The topological polar surface area (TPSA) is 117 Å². The van der Waals surface area contributed by atoms with Gasteiger partial charge in [0, 0.05) is 42.5 Å². The summed E-state index contributed by atoms with van der Waals surface area (Å²) in [7, 11) is 0. The van der Waals surface area contributed by atoms with Crippen molar-refractivity contribution in [3.8, 4) is 28.3 Å². The van der Waals surface area contributed by atoms with Crippen molar-refractivity contribution in [1.29, 1.82) is 0 Å². The number of rotatable bonds is 5. The molecule has 6 aromatic heterocycles. The Kier molecular flexibility index (Phi) is 4.84. The molecule has 10 nitrogen and oxygen atoms in total. The Morgan fingerprint density at radius 3 is 2.67 bits per heavy atom. The summed E-state index contributed by atoms with van der Waals surface area (Å²) in [5.41, 5.74) is 8.10. The largest absolute Gasteiger partial charge is 0.335 e. The number of H-pyrrole nitrogens is 2. The van der Waals surface area contributed by atoms with Gasteiger partial charge in [0.25, 0.3) is 0 Å². The van der Waals surface area contributed by atoms with Crippen molar-refractivity contribution in [1.82, 2.24) is 49.6 Å². The molecular weight excluding hydrogens is 452 g/mol. The van der Waals surface area contributed by atoms with Crippen LogP contribution in [0.15, 0.2) is 55.6 Å². The summed E-state index contributed by atoms with van der Waals surface area (Å²) in [4.78, 5) is 28.6. The Hall–Kier alpha value is -4.44. The first kappa shape index (κ1) is 20.9. The maximum Gasteiger partial charge on any atom is 0.181 e. The van der Waals surface area contributed by atoms with Crippen LogP contribution in [0.25, 0.3) is 50.4 Å². The number of nitrogens with one attached hydrogen (secondary N) is 2. The molecule has 0 amide bonds. The highest BCUT2D eigenvalue weighted by Gasteiger charge is 2.17. The number of likely N-dealkylation sites (tertiary alicyclic amines) is 1. The molecule has 0 bridgehead atoms. The highest BCUT2D eigenvalue weighted by Crippen LogP contribution is 2.30. The zero-order valence-electron chi connectivity index (χ0n) is 19.8. The standard InChI is InChI=1S/C26H24N10/c1-16-13-36(15-30-16)22-12-28-11-21-24(22)32-26(31-21)23-20-7-19(10-29-25(20)34-33-23)18-6-17(8-27-9-18)14-35-4-2-3-5-35/h6-13,15H,2-5,14H2,1H3,(H,31,32)(H,29,33,34). The van der Waals surface area contributed by atoms with Gasteiger partial charge in [-0.15, -0.1) is 0 Å². The smallest absolute Gasteiger partial charge is 0.181 e. The van der Waals surface area contributed by atoms with Gasteiger partial charge in [-0.2, -0.15) is 5.10 Å². The van der Waals surface area contributed by atoms with Gasteiger partial charge in [-0.1, -0.05) is 0 Å². The van der Waals surface area contributed by atoms with E-state index in [4.69, 9.17) is 4.98 Å². The number of nitrogens with zero attached hydrogens (tertiary/aromatic N) is 8. The van der Waals surface area contributed by atoms with Crippen LogP contribution >= 0.6 is 0 Å². The molecule has 1 aliphatic rings. The third-order valence-corrected chi connectivity index (χ3v) is 6.74. The van der Waals surface area contributed by atoms with E-state index >= 15 is 0 Å². The van der Waals surface area contributed by atoms with Gasteiger partial charge < -0.3 is 9.55 Å². The molecule has 10 heteroatoms. The first-order chi connectivity index (χ1) is 17.7. The van der Waals surface area contributed by atoms with Gasteiger partial charge in [0.15, 0.2) is 11.5 Å². The van der Waals surface area contributed by atoms with E-state index in [0.717, 1.165) is 64.3 Å². The second-order valence-corrected chi connectivity index (χ2v) is 9.32. The fourth-order valence-electron chi connectivity index (χ4n) is 4.95. The maximum absolute atomic E-state index is 4.90. The monoisotopic (exact) mass is 476 g/mol. The molecule has 7 heterocycles. The minimum atomic E-state index is 0.638. The summed E-state index contributed by atoms with van der Waals surface area (Å²) in [5.74, 6) is 0.679. The molecule has 36 heavy (non-hydrogen) atoms. The summed E-state index contributed by atoms with van der Waals surface area (Å²) >= 11 is 0. The van der Waals surface area contributed by atoms with Crippen LogP contribution < -0.4 is 0 Å². The van der Waals surface area contributed by atoms with Gasteiger partial charge in [-0.25, -0.2) is 15.0 Å². The minimum Gasteiger partial charge on any atom is -0.335 e. The van der Waals surface area contributed by atoms with Gasteiger partial charge in [0.1, 0.15) is 11.2 Å². The number of aromatic nitrogens is 9. The Morgan fingerprint density at radius 1 is 0.944 bits per heavy atom. The molecule has 0 radical (unpaired) electrons. The first-order valence-corrected chi connectivity index (χ1v) is 12.1. The number of pyridine rings is 3. The molecule has 0 saturated carbocycles. The maximum atomic E-state index is 4.90. The van der Waals surface area contributed by atoms with E-state index in [1.54, 1.807) is 18.7 Å². The Balaban J connectivity index is 1.28. The van der Waals surface area contributed by atoms with Gasteiger partial charge in [0.2, 0.25) is 0 Å². The molecule has 0 spiro atoms. The highest BCUT2D eigenvalue weighted by molar-refractivity contribution is 5.94. The lowest BCUT2D eigenvalue weighted by atomic mass is 10.1. The average molecular weight is 477 g/mol. The van der Waals surface area contributed by atoms with E-state index < -0.39 is 0 Å². The lowest BCUT2D eigenvalue weighted by Gasteiger charge is -2.14. The van der Waals surface area contributed by atoms with Crippen LogP contribution in [0.2, 0.25) is 0 Å². The van der Waals surface area contributed by atoms with Crippen molar-refractivity contribution in [3.63, 3.8) is 0 Å². The summed E-state index contributed by atoms with van der Waals surface area (Å²) in [6.07, 6.45) is 15.6. The normalized spacial score (nSPS) is 14.4. The summed E-state index contributed by atoms with van der Waals surface area (Å²) in [5, 5.41) is 8.44. The SMILES string of the molecule is Cc1cn(-c2cncc3[nH]c(-c4[nH]nc5ncc(-c6cncc(CN7CCCC7)c6)cc45)nc23)cn1. The van der Waals surface area contributed by atoms with Gasteiger partial charge in [-0.05, 0) is 50.6 Å². The molecule has 6 aromatic rings. The van der Waals surface area contributed by atoms with Crippen LogP contribution in [-0.2, 0) is 6.54 Å². The van der Waals surface area contributed by atoms with Crippen molar-refractivity contribution in [2.24, 2.45) is 0 Å². The van der Waals surface area contributed by atoms with E-state index in [1.165, 1.54) is 18.4 Å². The van der Waals surface area contributed by atoms with Crippen LogP contribution in [0.1, 0.15) is 24.1 Å². The third-order valence-electron chi connectivity index (χ3n) is 6.74. The number of aromatic amines is 2. The quantitative estimate of drug-likeness (QED) is 0.385. The predicted molar refractivity (Wildman–Crippen MR) is 136 cm³/mol. The van der Waals surface area contributed by atoms with E-state index in [-0.39, 0.29) is 0 Å². The van der Waals surface area contributed by atoms with Crippen molar-refractivity contribution in [2.75, 3.05) is 13.1 Å².